The normalized spacial score (nSPS) is 11.1. The van der Waals surface area contributed by atoms with E-state index in [-0.39, 0.29) is 21.8 Å². The molecule has 0 aliphatic carbocycles. The van der Waals surface area contributed by atoms with Crippen molar-refractivity contribution in [3.05, 3.63) is 83.9 Å². The van der Waals surface area contributed by atoms with Gasteiger partial charge in [0, 0.05) is 5.56 Å². The lowest BCUT2D eigenvalue weighted by Crippen LogP contribution is -2.12. The van der Waals surface area contributed by atoms with E-state index in [1.807, 2.05) is 30.3 Å². The second kappa shape index (κ2) is 7.63. The minimum Gasteiger partial charge on any atom is -0.495 e. The van der Waals surface area contributed by atoms with Gasteiger partial charge in [-0.15, -0.1) is 0 Å². The van der Waals surface area contributed by atoms with E-state index >= 15 is 0 Å². The highest BCUT2D eigenvalue weighted by atomic mass is 32.2. The van der Waals surface area contributed by atoms with E-state index in [0.717, 1.165) is 5.56 Å². The Labute approximate surface area is 157 Å². The molecule has 3 aromatic rings. The maximum atomic E-state index is 12.7. The average Bonchev–Trinajstić information content (AvgIpc) is 2.68. The molecular formula is C21H18O5S. The highest BCUT2D eigenvalue weighted by Gasteiger charge is 2.25. The van der Waals surface area contributed by atoms with Gasteiger partial charge in [0.25, 0.3) is 0 Å². The molecule has 0 saturated heterocycles. The van der Waals surface area contributed by atoms with Gasteiger partial charge < -0.3 is 9.84 Å². The molecule has 27 heavy (non-hydrogen) atoms. The van der Waals surface area contributed by atoms with Crippen LogP contribution in [0.2, 0.25) is 0 Å². The molecule has 3 rings (SSSR count). The van der Waals surface area contributed by atoms with Crippen LogP contribution in [-0.4, -0.2) is 26.6 Å². The van der Waals surface area contributed by atoms with Gasteiger partial charge in [0.1, 0.15) is 11.3 Å². The van der Waals surface area contributed by atoms with E-state index in [1.54, 1.807) is 24.3 Å². The van der Waals surface area contributed by atoms with Crippen LogP contribution in [0.25, 0.3) is 11.1 Å². The summed E-state index contributed by atoms with van der Waals surface area (Å²) in [5, 5.41) is 9.74. The van der Waals surface area contributed by atoms with Crippen LogP contribution < -0.4 is 4.74 Å². The Morgan fingerprint density at radius 1 is 0.926 bits per heavy atom. The van der Waals surface area contributed by atoms with Gasteiger partial charge in [0.15, 0.2) is 9.84 Å². The topological polar surface area (TPSA) is 80.7 Å². The summed E-state index contributed by atoms with van der Waals surface area (Å²) in [7, 11) is -2.31. The van der Waals surface area contributed by atoms with Gasteiger partial charge in [-0.25, -0.2) is 13.2 Å². The summed E-state index contributed by atoms with van der Waals surface area (Å²) >= 11 is 0. The Bertz CT molecular complexity index is 1060. The lowest BCUT2D eigenvalue weighted by Gasteiger charge is -2.16. The number of benzene rings is 3. The van der Waals surface area contributed by atoms with Crippen molar-refractivity contribution in [3.8, 4) is 16.9 Å². The molecule has 0 aliphatic heterocycles. The molecule has 3 aromatic carbocycles. The summed E-state index contributed by atoms with van der Waals surface area (Å²) < 4.78 is 30.8. The number of carbonyl (C=O) groups is 1. The van der Waals surface area contributed by atoms with Crippen LogP contribution >= 0.6 is 0 Å². The van der Waals surface area contributed by atoms with Crippen molar-refractivity contribution in [1.29, 1.82) is 0 Å². The standard InChI is InChI=1S/C21H18O5S/c1-26-20-18(15-8-4-2-5-9-15)13-12-16(19(20)21(22)23)14-27(24,25)17-10-6-3-7-11-17/h2-13H,14H2,1H3,(H,22,23). The van der Waals surface area contributed by atoms with Gasteiger partial charge in [-0.05, 0) is 23.3 Å². The molecule has 6 heteroatoms. The number of rotatable bonds is 6. The zero-order chi connectivity index (χ0) is 19.4. The minimum absolute atomic E-state index is 0.140. The first-order chi connectivity index (χ1) is 12.9. The summed E-state index contributed by atoms with van der Waals surface area (Å²) in [4.78, 5) is 12.1. The maximum Gasteiger partial charge on any atom is 0.339 e. The van der Waals surface area contributed by atoms with Crippen molar-refractivity contribution in [3.63, 3.8) is 0 Å². The highest BCUT2D eigenvalue weighted by Crippen LogP contribution is 2.36. The number of aromatic carboxylic acids is 1. The fourth-order valence-electron chi connectivity index (χ4n) is 2.95. The zero-order valence-electron chi connectivity index (χ0n) is 14.6. The third kappa shape index (κ3) is 3.85. The van der Waals surface area contributed by atoms with Crippen LogP contribution in [0.1, 0.15) is 15.9 Å². The molecular weight excluding hydrogens is 364 g/mol. The lowest BCUT2D eigenvalue weighted by molar-refractivity contribution is 0.0692. The first-order valence-corrected chi connectivity index (χ1v) is 9.85. The molecule has 0 unspecified atom stereocenters. The quantitative estimate of drug-likeness (QED) is 0.696. The number of hydrogen-bond donors (Lipinski definition) is 1. The zero-order valence-corrected chi connectivity index (χ0v) is 15.4. The van der Waals surface area contributed by atoms with Gasteiger partial charge in [-0.1, -0.05) is 60.7 Å². The van der Waals surface area contributed by atoms with E-state index in [0.29, 0.717) is 5.56 Å². The van der Waals surface area contributed by atoms with Crippen LogP contribution in [0.3, 0.4) is 0 Å². The van der Waals surface area contributed by atoms with E-state index in [1.165, 1.54) is 25.3 Å². The van der Waals surface area contributed by atoms with Crippen LogP contribution in [0.5, 0.6) is 5.75 Å². The second-order valence-corrected chi connectivity index (χ2v) is 7.91. The summed E-state index contributed by atoms with van der Waals surface area (Å²) in [5.74, 6) is -1.51. The molecule has 0 aromatic heterocycles. The van der Waals surface area contributed by atoms with E-state index in [9.17, 15) is 18.3 Å². The number of carboxylic acids is 1. The second-order valence-electron chi connectivity index (χ2n) is 5.92. The van der Waals surface area contributed by atoms with Crippen molar-refractivity contribution >= 4 is 15.8 Å². The third-order valence-electron chi connectivity index (χ3n) is 4.19. The Balaban J connectivity index is 2.13. The van der Waals surface area contributed by atoms with E-state index in [4.69, 9.17) is 4.74 Å². The van der Waals surface area contributed by atoms with Crippen molar-refractivity contribution in [2.45, 2.75) is 10.6 Å². The molecule has 0 fully saturated rings. The molecule has 1 N–H and O–H groups in total. The first-order valence-electron chi connectivity index (χ1n) is 8.20. The molecule has 138 valence electrons. The summed E-state index contributed by atoms with van der Waals surface area (Å²) in [6.07, 6.45) is 0. The largest absolute Gasteiger partial charge is 0.495 e. The van der Waals surface area contributed by atoms with E-state index < -0.39 is 21.6 Å². The van der Waals surface area contributed by atoms with Crippen molar-refractivity contribution < 1.29 is 23.1 Å². The van der Waals surface area contributed by atoms with Crippen molar-refractivity contribution in [2.24, 2.45) is 0 Å². The van der Waals surface area contributed by atoms with Crippen molar-refractivity contribution in [1.82, 2.24) is 0 Å². The molecule has 0 amide bonds. The Kier molecular flexibility index (Phi) is 5.28. The SMILES string of the molecule is COc1c(-c2ccccc2)ccc(CS(=O)(=O)c2ccccc2)c1C(=O)O. The van der Waals surface area contributed by atoms with Gasteiger partial charge >= 0.3 is 5.97 Å². The fraction of sp³-hybridized carbons (Fsp3) is 0.0952. The summed E-state index contributed by atoms with van der Waals surface area (Å²) in [6, 6.07) is 20.4. The number of carboxylic acid groups (broad SMARTS) is 1. The predicted molar refractivity (Wildman–Crippen MR) is 103 cm³/mol. The van der Waals surface area contributed by atoms with Crippen LogP contribution in [0, 0.1) is 0 Å². The number of methoxy groups -OCH3 is 1. The minimum atomic E-state index is -3.69. The highest BCUT2D eigenvalue weighted by molar-refractivity contribution is 7.90. The van der Waals surface area contributed by atoms with Crippen molar-refractivity contribution in [2.75, 3.05) is 7.11 Å². The molecule has 0 radical (unpaired) electrons. The number of sulfone groups is 1. The Morgan fingerprint density at radius 3 is 2.07 bits per heavy atom. The van der Waals surface area contributed by atoms with Crippen LogP contribution in [0.4, 0.5) is 0 Å². The number of hydrogen-bond acceptors (Lipinski definition) is 4. The van der Waals surface area contributed by atoms with Gasteiger partial charge in [-0.3, -0.25) is 0 Å². The van der Waals surface area contributed by atoms with Gasteiger partial charge in [-0.2, -0.15) is 0 Å². The van der Waals surface area contributed by atoms with E-state index in [2.05, 4.69) is 0 Å². The maximum absolute atomic E-state index is 12.7. The Hall–Kier alpha value is -3.12. The third-order valence-corrected chi connectivity index (χ3v) is 5.88. The average molecular weight is 382 g/mol. The number of ether oxygens (including phenoxy) is 1. The molecule has 0 heterocycles. The molecule has 0 saturated carbocycles. The summed E-state index contributed by atoms with van der Waals surface area (Å²) in [6.45, 7) is 0. The van der Waals surface area contributed by atoms with Gasteiger partial charge in [0.2, 0.25) is 0 Å². The Morgan fingerprint density at radius 2 is 1.52 bits per heavy atom. The molecule has 0 spiro atoms. The van der Waals surface area contributed by atoms with Crippen LogP contribution in [0.15, 0.2) is 77.7 Å². The molecule has 0 aliphatic rings. The fourth-order valence-corrected chi connectivity index (χ4v) is 4.34. The molecule has 5 nitrogen and oxygen atoms in total. The first kappa shape index (κ1) is 18.7. The summed E-state index contributed by atoms with van der Waals surface area (Å²) in [5.41, 5.74) is 1.42. The monoisotopic (exact) mass is 382 g/mol. The molecule has 0 bridgehead atoms. The van der Waals surface area contributed by atoms with Crippen LogP contribution in [-0.2, 0) is 15.6 Å². The molecule has 0 atom stereocenters. The smallest absolute Gasteiger partial charge is 0.339 e. The van der Waals surface area contributed by atoms with Gasteiger partial charge in [0.05, 0.1) is 17.8 Å². The lowest BCUT2D eigenvalue weighted by atomic mass is 9.98. The predicted octanol–water partition coefficient (Wildman–Crippen LogP) is 4.03.